The number of nitrogens with one attached hydrogen (secondary N) is 2. The van der Waals surface area contributed by atoms with Gasteiger partial charge >= 0.3 is 11.9 Å². The van der Waals surface area contributed by atoms with Gasteiger partial charge < -0.3 is 19.5 Å². The number of hydrazine groups is 1. The minimum Gasteiger partial charge on any atom is -0.496 e. The van der Waals surface area contributed by atoms with Gasteiger partial charge in [-0.25, -0.2) is 15.6 Å². The van der Waals surface area contributed by atoms with Crippen molar-refractivity contribution in [1.29, 1.82) is 0 Å². The third kappa shape index (κ3) is 6.74. The smallest absolute Gasteiger partial charge is 0.360 e. The fourth-order valence-corrected chi connectivity index (χ4v) is 3.56. The van der Waals surface area contributed by atoms with Gasteiger partial charge in [-0.2, -0.15) is 0 Å². The monoisotopic (exact) mass is 524 g/mol. The minimum absolute atomic E-state index is 0.0207. The molecule has 1 saturated carbocycles. The standard InChI is InChI=1S/C27H32N4O7/c1-6-17-11-20(24(32)31-28)19(12-22(17)36-5)18-9-10-21(25(33)29-13-16-7-8-16)30-23(18)27(35)38-15(4)37-26(34)14(2)3/h6,9-12,14-16H,1,7-8,13,28H2,2-5H3,(H,29,33)(H,31,32). The third-order valence-corrected chi connectivity index (χ3v) is 5.85. The number of amides is 2. The summed E-state index contributed by atoms with van der Waals surface area (Å²) in [5.74, 6) is 3.15. The number of hydrogen-bond donors (Lipinski definition) is 3. The average molecular weight is 525 g/mol. The first-order chi connectivity index (χ1) is 18.1. The van der Waals surface area contributed by atoms with Crippen LogP contribution in [0, 0.1) is 11.8 Å². The van der Waals surface area contributed by atoms with Gasteiger partial charge in [-0.05, 0) is 43.0 Å². The van der Waals surface area contributed by atoms with Gasteiger partial charge in [0.05, 0.1) is 13.0 Å². The van der Waals surface area contributed by atoms with Gasteiger partial charge in [0.1, 0.15) is 11.4 Å². The van der Waals surface area contributed by atoms with Crippen LogP contribution < -0.4 is 21.3 Å². The normalized spacial score (nSPS) is 13.3. The van der Waals surface area contributed by atoms with Crippen LogP contribution in [0.4, 0.5) is 0 Å². The molecule has 2 aromatic rings. The molecule has 38 heavy (non-hydrogen) atoms. The first kappa shape index (κ1) is 28.3. The molecule has 1 unspecified atom stereocenters. The lowest BCUT2D eigenvalue weighted by molar-refractivity contribution is -0.169. The van der Waals surface area contributed by atoms with Crippen molar-refractivity contribution in [2.24, 2.45) is 17.7 Å². The lowest BCUT2D eigenvalue weighted by atomic mass is 9.94. The molecule has 0 saturated heterocycles. The molecule has 4 N–H and O–H groups in total. The molecular formula is C27H32N4O7. The molecule has 1 aromatic carbocycles. The number of nitrogens with zero attached hydrogens (tertiary/aromatic N) is 1. The number of carbonyl (C=O) groups excluding carboxylic acids is 4. The summed E-state index contributed by atoms with van der Waals surface area (Å²) in [6, 6.07) is 5.96. The van der Waals surface area contributed by atoms with Gasteiger partial charge in [0.25, 0.3) is 11.8 Å². The van der Waals surface area contributed by atoms with Gasteiger partial charge in [0, 0.05) is 35.7 Å². The van der Waals surface area contributed by atoms with Crippen LogP contribution in [0.2, 0.25) is 0 Å². The van der Waals surface area contributed by atoms with Crippen LogP contribution in [0.3, 0.4) is 0 Å². The second-order valence-corrected chi connectivity index (χ2v) is 9.13. The number of esters is 2. The Labute approximate surface area is 220 Å². The molecule has 0 aliphatic heterocycles. The lowest BCUT2D eigenvalue weighted by Gasteiger charge is -2.18. The molecule has 1 fully saturated rings. The summed E-state index contributed by atoms with van der Waals surface area (Å²) in [6.07, 6.45) is 2.36. The van der Waals surface area contributed by atoms with Crippen LogP contribution in [-0.4, -0.2) is 48.7 Å². The van der Waals surface area contributed by atoms with Gasteiger partial charge in [-0.15, -0.1) is 0 Å². The SMILES string of the molecule is C=Cc1cc(C(=O)NN)c(-c2ccc(C(=O)NCC3CC3)nc2C(=O)OC(C)OC(=O)C(C)C)cc1OC. The highest BCUT2D eigenvalue weighted by atomic mass is 16.7. The zero-order valence-corrected chi connectivity index (χ0v) is 21.8. The van der Waals surface area contributed by atoms with Crippen molar-refractivity contribution in [2.45, 2.75) is 39.9 Å². The highest BCUT2D eigenvalue weighted by Crippen LogP contribution is 2.34. The van der Waals surface area contributed by atoms with Crippen molar-refractivity contribution < 1.29 is 33.4 Å². The van der Waals surface area contributed by atoms with E-state index in [4.69, 9.17) is 20.1 Å². The predicted molar refractivity (Wildman–Crippen MR) is 139 cm³/mol. The second-order valence-electron chi connectivity index (χ2n) is 9.13. The van der Waals surface area contributed by atoms with E-state index in [1.54, 1.807) is 13.8 Å². The number of nitrogens with two attached hydrogens (primary N) is 1. The molecule has 1 aliphatic carbocycles. The number of rotatable bonds is 11. The Hall–Kier alpha value is -4.25. The number of aromatic nitrogens is 1. The molecule has 0 spiro atoms. The fraction of sp³-hybridized carbons (Fsp3) is 0.370. The average Bonchev–Trinajstić information content (AvgIpc) is 3.74. The summed E-state index contributed by atoms with van der Waals surface area (Å²) < 4.78 is 15.9. The molecule has 0 bridgehead atoms. The molecule has 1 aromatic heterocycles. The molecule has 1 atom stereocenters. The van der Waals surface area contributed by atoms with E-state index in [1.165, 1.54) is 44.4 Å². The number of nitrogen functional groups attached to an aromatic ring is 1. The van der Waals surface area contributed by atoms with Crippen molar-refractivity contribution in [3.63, 3.8) is 0 Å². The number of methoxy groups -OCH3 is 1. The van der Waals surface area contributed by atoms with Gasteiger partial charge in [0.2, 0.25) is 6.29 Å². The van der Waals surface area contributed by atoms with E-state index in [2.05, 4.69) is 22.3 Å². The topological polar surface area (TPSA) is 159 Å². The number of pyridine rings is 1. The number of carbonyl (C=O) groups is 4. The maximum atomic E-state index is 13.3. The highest BCUT2D eigenvalue weighted by Gasteiger charge is 2.27. The molecule has 0 radical (unpaired) electrons. The third-order valence-electron chi connectivity index (χ3n) is 5.85. The second kappa shape index (κ2) is 12.3. The predicted octanol–water partition coefficient (Wildman–Crippen LogP) is 2.85. The Kier molecular flexibility index (Phi) is 9.19. The first-order valence-corrected chi connectivity index (χ1v) is 12.2. The van der Waals surface area contributed by atoms with Crippen LogP contribution in [0.15, 0.2) is 30.8 Å². The van der Waals surface area contributed by atoms with E-state index < -0.39 is 36.0 Å². The van der Waals surface area contributed by atoms with Crippen LogP contribution in [0.25, 0.3) is 17.2 Å². The summed E-state index contributed by atoms with van der Waals surface area (Å²) in [7, 11) is 1.44. The Bertz CT molecular complexity index is 1250. The number of benzene rings is 1. The van der Waals surface area contributed by atoms with Crippen molar-refractivity contribution in [3.05, 3.63) is 53.4 Å². The van der Waals surface area contributed by atoms with E-state index in [0.29, 0.717) is 23.8 Å². The van der Waals surface area contributed by atoms with Crippen molar-refractivity contribution in [3.8, 4) is 16.9 Å². The Morgan fingerprint density at radius 1 is 1.11 bits per heavy atom. The van der Waals surface area contributed by atoms with Gasteiger partial charge in [0.15, 0.2) is 5.69 Å². The molecule has 11 heteroatoms. The summed E-state index contributed by atoms with van der Waals surface area (Å²) >= 11 is 0. The fourth-order valence-electron chi connectivity index (χ4n) is 3.56. The van der Waals surface area contributed by atoms with E-state index in [9.17, 15) is 19.2 Å². The molecule has 11 nitrogen and oxygen atoms in total. The van der Waals surface area contributed by atoms with Crippen molar-refractivity contribution in [2.75, 3.05) is 13.7 Å². The summed E-state index contributed by atoms with van der Waals surface area (Å²) in [5.41, 5.74) is 2.82. The van der Waals surface area contributed by atoms with Crippen LogP contribution in [-0.2, 0) is 14.3 Å². The minimum atomic E-state index is -1.23. The number of hydrogen-bond acceptors (Lipinski definition) is 9. The molecule has 1 heterocycles. The Balaban J connectivity index is 2.10. The molecule has 202 valence electrons. The first-order valence-electron chi connectivity index (χ1n) is 12.2. The van der Waals surface area contributed by atoms with Crippen molar-refractivity contribution in [1.82, 2.24) is 15.7 Å². The summed E-state index contributed by atoms with van der Waals surface area (Å²) in [4.78, 5) is 55.0. The van der Waals surface area contributed by atoms with Crippen LogP contribution >= 0.6 is 0 Å². The molecule has 2 amide bonds. The maximum absolute atomic E-state index is 13.3. The molecular weight excluding hydrogens is 492 g/mol. The van der Waals surface area contributed by atoms with E-state index in [-0.39, 0.29) is 28.1 Å². The largest absolute Gasteiger partial charge is 0.496 e. The molecule has 1 aliphatic rings. The van der Waals surface area contributed by atoms with Gasteiger partial charge in [-0.3, -0.25) is 19.8 Å². The lowest BCUT2D eigenvalue weighted by Crippen LogP contribution is -2.31. The zero-order chi connectivity index (χ0) is 28.0. The summed E-state index contributed by atoms with van der Waals surface area (Å²) in [6.45, 7) is 8.91. The van der Waals surface area contributed by atoms with E-state index in [1.807, 2.05) is 0 Å². The quantitative estimate of drug-likeness (QED) is 0.132. The van der Waals surface area contributed by atoms with E-state index >= 15 is 0 Å². The summed E-state index contributed by atoms with van der Waals surface area (Å²) in [5, 5.41) is 2.80. The number of ether oxygens (including phenoxy) is 3. The van der Waals surface area contributed by atoms with E-state index in [0.717, 1.165) is 12.8 Å². The molecule has 3 rings (SSSR count). The maximum Gasteiger partial charge on any atom is 0.360 e. The van der Waals surface area contributed by atoms with Crippen molar-refractivity contribution >= 4 is 29.8 Å². The Morgan fingerprint density at radius 2 is 1.82 bits per heavy atom. The Morgan fingerprint density at radius 3 is 2.39 bits per heavy atom. The zero-order valence-electron chi connectivity index (χ0n) is 21.8. The van der Waals surface area contributed by atoms with Crippen LogP contribution in [0.5, 0.6) is 5.75 Å². The van der Waals surface area contributed by atoms with Crippen LogP contribution in [0.1, 0.15) is 70.5 Å². The highest BCUT2D eigenvalue weighted by molar-refractivity contribution is 6.06. The van der Waals surface area contributed by atoms with Gasteiger partial charge in [-0.1, -0.05) is 26.5 Å².